The fourth-order valence-corrected chi connectivity index (χ4v) is 3.73. The molecule has 1 aliphatic rings. The molecular weight excluding hydrogens is 382 g/mol. The van der Waals surface area contributed by atoms with Crippen molar-refractivity contribution in [3.8, 4) is 5.69 Å². The maximum atomic E-state index is 12.9. The topological polar surface area (TPSA) is 104 Å². The van der Waals surface area contributed by atoms with Crippen LogP contribution in [0.5, 0.6) is 0 Å². The summed E-state index contributed by atoms with van der Waals surface area (Å²) >= 11 is 5.92. The Balaban J connectivity index is 1.64. The maximum Gasteiger partial charge on any atom is 0.347 e. The van der Waals surface area contributed by atoms with Crippen molar-refractivity contribution in [2.75, 3.05) is 13.1 Å². The molecule has 1 amide bonds. The number of rotatable bonds is 3. The highest BCUT2D eigenvalue weighted by atomic mass is 35.5. The molecule has 0 unspecified atom stereocenters. The van der Waals surface area contributed by atoms with E-state index < -0.39 is 5.56 Å². The zero-order chi connectivity index (χ0) is 19.7. The molecule has 0 radical (unpaired) electrons. The van der Waals surface area contributed by atoms with Crippen molar-refractivity contribution in [1.29, 1.82) is 0 Å². The summed E-state index contributed by atoms with van der Waals surface area (Å²) in [6, 6.07) is 10.6. The number of nitrogens with one attached hydrogen (secondary N) is 2. The van der Waals surface area contributed by atoms with Crippen LogP contribution < -0.4 is 11.2 Å². The highest BCUT2D eigenvalue weighted by Gasteiger charge is 2.30. The number of aromatic nitrogens is 4. The SMILES string of the molecule is O=C(c1cc(Cl)c[nH]c1=O)N1CCC[C@@H](c2n[nH]c(=O)n2-c2ccccc2)C1. The molecule has 3 heterocycles. The van der Waals surface area contributed by atoms with E-state index >= 15 is 0 Å². The molecule has 0 aliphatic carbocycles. The molecule has 3 aromatic rings. The van der Waals surface area contributed by atoms with Gasteiger partial charge in [0.15, 0.2) is 0 Å². The van der Waals surface area contributed by atoms with Crippen molar-refractivity contribution < 1.29 is 4.79 Å². The van der Waals surface area contributed by atoms with Crippen molar-refractivity contribution in [1.82, 2.24) is 24.6 Å². The van der Waals surface area contributed by atoms with E-state index in [0.29, 0.717) is 29.6 Å². The van der Waals surface area contributed by atoms with Gasteiger partial charge in [0.1, 0.15) is 11.4 Å². The Labute approximate surface area is 164 Å². The van der Waals surface area contributed by atoms with E-state index in [4.69, 9.17) is 11.6 Å². The fraction of sp³-hybridized carbons (Fsp3) is 0.263. The van der Waals surface area contributed by atoms with E-state index in [9.17, 15) is 14.4 Å². The third-order valence-corrected chi connectivity index (χ3v) is 5.10. The van der Waals surface area contributed by atoms with Crippen molar-refractivity contribution in [3.05, 3.63) is 79.8 Å². The number of aromatic amines is 2. The molecule has 9 heteroatoms. The number of hydrogen-bond donors (Lipinski definition) is 2. The number of para-hydroxylation sites is 1. The second kappa shape index (κ2) is 7.47. The third kappa shape index (κ3) is 3.38. The first-order chi connectivity index (χ1) is 13.5. The van der Waals surface area contributed by atoms with Crippen LogP contribution in [0.1, 0.15) is 34.9 Å². The first-order valence-electron chi connectivity index (χ1n) is 8.95. The third-order valence-electron chi connectivity index (χ3n) is 4.88. The lowest BCUT2D eigenvalue weighted by Gasteiger charge is -2.32. The van der Waals surface area contributed by atoms with Gasteiger partial charge in [0.25, 0.3) is 11.5 Å². The lowest BCUT2D eigenvalue weighted by molar-refractivity contribution is 0.0702. The summed E-state index contributed by atoms with van der Waals surface area (Å²) < 4.78 is 1.53. The lowest BCUT2D eigenvalue weighted by atomic mass is 9.96. The lowest BCUT2D eigenvalue weighted by Crippen LogP contribution is -2.41. The summed E-state index contributed by atoms with van der Waals surface area (Å²) in [7, 11) is 0. The van der Waals surface area contributed by atoms with Gasteiger partial charge in [0, 0.05) is 25.2 Å². The number of piperidine rings is 1. The molecular formula is C19H18ClN5O3. The van der Waals surface area contributed by atoms with Gasteiger partial charge in [-0.1, -0.05) is 29.8 Å². The predicted molar refractivity (Wildman–Crippen MR) is 104 cm³/mol. The summed E-state index contributed by atoms with van der Waals surface area (Å²) in [5.41, 5.74) is -0.0740. The minimum atomic E-state index is -0.475. The van der Waals surface area contributed by atoms with Crippen LogP contribution in [0.3, 0.4) is 0 Å². The minimum Gasteiger partial charge on any atom is -0.338 e. The van der Waals surface area contributed by atoms with E-state index in [1.165, 1.54) is 16.8 Å². The molecule has 1 aromatic carbocycles. The molecule has 2 aromatic heterocycles. The fourth-order valence-electron chi connectivity index (χ4n) is 3.57. The predicted octanol–water partition coefficient (Wildman–Crippen LogP) is 1.92. The van der Waals surface area contributed by atoms with Crippen LogP contribution in [-0.2, 0) is 0 Å². The molecule has 0 spiro atoms. The van der Waals surface area contributed by atoms with Crippen molar-refractivity contribution >= 4 is 17.5 Å². The van der Waals surface area contributed by atoms with Gasteiger partial charge in [-0.2, -0.15) is 5.10 Å². The number of halogens is 1. The van der Waals surface area contributed by atoms with Crippen molar-refractivity contribution in [2.45, 2.75) is 18.8 Å². The summed E-state index contributed by atoms with van der Waals surface area (Å²) in [5.74, 6) is 0.0708. The maximum absolute atomic E-state index is 12.9. The standard InChI is InChI=1S/C19H18ClN5O3/c20-13-9-15(17(26)21-10-13)18(27)24-8-4-5-12(11-24)16-22-23-19(28)25(16)14-6-2-1-3-7-14/h1-3,6-7,9-10,12H,4-5,8,11H2,(H,21,26)(H,23,28)/t12-/m1/s1. The highest BCUT2D eigenvalue weighted by molar-refractivity contribution is 6.30. The Morgan fingerprint density at radius 3 is 2.79 bits per heavy atom. The Bertz CT molecular complexity index is 1120. The number of likely N-dealkylation sites (tertiary alicyclic amines) is 1. The second-order valence-corrected chi connectivity index (χ2v) is 7.15. The largest absolute Gasteiger partial charge is 0.347 e. The molecule has 2 N–H and O–H groups in total. The van der Waals surface area contributed by atoms with Crippen LogP contribution in [0, 0.1) is 0 Å². The van der Waals surface area contributed by atoms with E-state index in [-0.39, 0.29) is 23.1 Å². The number of nitrogens with zero attached hydrogens (tertiary/aromatic N) is 3. The molecule has 1 atom stereocenters. The number of amides is 1. The van der Waals surface area contributed by atoms with Gasteiger partial charge in [-0.05, 0) is 31.0 Å². The molecule has 0 saturated carbocycles. The Kier molecular flexibility index (Phi) is 4.87. The van der Waals surface area contributed by atoms with Gasteiger partial charge in [0.05, 0.1) is 10.7 Å². The summed E-state index contributed by atoms with van der Waals surface area (Å²) in [6.07, 6.45) is 2.87. The number of carbonyl (C=O) groups is 1. The molecule has 1 fully saturated rings. The first-order valence-corrected chi connectivity index (χ1v) is 9.32. The summed E-state index contributed by atoms with van der Waals surface area (Å²) in [6.45, 7) is 0.892. The summed E-state index contributed by atoms with van der Waals surface area (Å²) in [5, 5.41) is 7.01. The molecule has 1 aliphatic heterocycles. The van der Waals surface area contributed by atoms with E-state index in [2.05, 4.69) is 15.2 Å². The van der Waals surface area contributed by atoms with Crippen LogP contribution in [-0.4, -0.2) is 43.6 Å². The van der Waals surface area contributed by atoms with Crippen LogP contribution in [0.15, 0.2) is 52.2 Å². The van der Waals surface area contributed by atoms with Crippen molar-refractivity contribution in [3.63, 3.8) is 0 Å². The monoisotopic (exact) mass is 399 g/mol. The molecule has 0 bridgehead atoms. The summed E-state index contributed by atoms with van der Waals surface area (Å²) in [4.78, 5) is 41.3. The van der Waals surface area contributed by atoms with Crippen LogP contribution in [0.2, 0.25) is 5.02 Å². The molecule has 144 valence electrons. The smallest absolute Gasteiger partial charge is 0.338 e. The number of carbonyl (C=O) groups excluding carboxylic acids is 1. The minimum absolute atomic E-state index is 0.00984. The zero-order valence-electron chi connectivity index (χ0n) is 14.9. The Morgan fingerprint density at radius 1 is 1.21 bits per heavy atom. The normalized spacial score (nSPS) is 16.9. The number of H-pyrrole nitrogens is 2. The van der Waals surface area contributed by atoms with E-state index in [1.807, 2.05) is 30.3 Å². The van der Waals surface area contributed by atoms with Crippen LogP contribution in [0.4, 0.5) is 0 Å². The van der Waals surface area contributed by atoms with Crippen LogP contribution in [0.25, 0.3) is 5.69 Å². The molecule has 4 rings (SSSR count). The van der Waals surface area contributed by atoms with Gasteiger partial charge < -0.3 is 9.88 Å². The van der Waals surface area contributed by atoms with Crippen molar-refractivity contribution in [2.24, 2.45) is 0 Å². The number of benzene rings is 1. The van der Waals surface area contributed by atoms with Gasteiger partial charge >= 0.3 is 5.69 Å². The van der Waals surface area contributed by atoms with Crippen LogP contribution >= 0.6 is 11.6 Å². The van der Waals surface area contributed by atoms with Gasteiger partial charge in [-0.15, -0.1) is 0 Å². The Morgan fingerprint density at radius 2 is 2.00 bits per heavy atom. The molecule has 8 nitrogen and oxygen atoms in total. The number of pyridine rings is 1. The average molecular weight is 400 g/mol. The van der Waals surface area contributed by atoms with Gasteiger partial charge in [-0.3, -0.25) is 9.59 Å². The second-order valence-electron chi connectivity index (χ2n) is 6.71. The van der Waals surface area contributed by atoms with Gasteiger partial charge in [0.2, 0.25) is 0 Å². The zero-order valence-corrected chi connectivity index (χ0v) is 15.6. The highest BCUT2D eigenvalue weighted by Crippen LogP contribution is 2.27. The average Bonchev–Trinajstić information content (AvgIpc) is 3.11. The van der Waals surface area contributed by atoms with E-state index in [1.54, 1.807) is 4.90 Å². The number of hydrogen-bond acceptors (Lipinski definition) is 4. The first kappa shape index (κ1) is 18.2. The molecule has 1 saturated heterocycles. The molecule has 28 heavy (non-hydrogen) atoms. The quantitative estimate of drug-likeness (QED) is 0.702. The Hall–Kier alpha value is -3.13. The van der Waals surface area contributed by atoms with Gasteiger partial charge in [-0.25, -0.2) is 14.5 Å². The van der Waals surface area contributed by atoms with E-state index in [0.717, 1.165) is 12.8 Å².